The number of piperidine rings is 1. The molecule has 0 radical (unpaired) electrons. The number of likely N-dealkylation sites (tertiary alicyclic amines) is 1. The number of halogens is 1. The van der Waals surface area contributed by atoms with Crippen molar-refractivity contribution in [2.45, 2.75) is 44.8 Å². The van der Waals surface area contributed by atoms with Gasteiger partial charge in [0.2, 0.25) is 0 Å². The zero-order valence-electron chi connectivity index (χ0n) is 17.5. The molecule has 166 valence electrons. The summed E-state index contributed by atoms with van der Waals surface area (Å²) in [5, 5.41) is 13.6. The van der Waals surface area contributed by atoms with Crippen molar-refractivity contribution in [3.63, 3.8) is 0 Å². The molecule has 0 bridgehead atoms. The van der Waals surface area contributed by atoms with Crippen molar-refractivity contribution >= 4 is 21.8 Å². The van der Waals surface area contributed by atoms with Gasteiger partial charge in [-0.15, -0.1) is 0 Å². The lowest BCUT2D eigenvalue weighted by Crippen LogP contribution is -2.49. The van der Waals surface area contributed by atoms with Crippen LogP contribution in [0, 0.1) is 12.8 Å². The minimum atomic E-state index is -0.455. The molecule has 8 heteroatoms. The third-order valence-electron chi connectivity index (χ3n) is 6.20. The predicted molar refractivity (Wildman–Crippen MR) is 116 cm³/mol. The maximum Gasteiger partial charge on any atom is 0.255 e. The van der Waals surface area contributed by atoms with E-state index in [9.17, 15) is 9.90 Å². The monoisotopic (exact) mass is 482 g/mol. The number of hydrogen-bond acceptors (Lipinski definition) is 6. The van der Waals surface area contributed by atoms with Crippen LogP contribution in [0.1, 0.15) is 41.6 Å². The van der Waals surface area contributed by atoms with Crippen LogP contribution in [0.4, 0.5) is 0 Å². The van der Waals surface area contributed by atoms with Gasteiger partial charge in [-0.2, -0.15) is 0 Å². The summed E-state index contributed by atoms with van der Waals surface area (Å²) in [6.07, 6.45) is 3.71. The van der Waals surface area contributed by atoms with Gasteiger partial charge in [0.15, 0.2) is 11.5 Å². The van der Waals surface area contributed by atoms with Crippen LogP contribution in [0.3, 0.4) is 0 Å². The normalized spacial score (nSPS) is 27.0. The van der Waals surface area contributed by atoms with Crippen molar-refractivity contribution in [3.8, 4) is 11.5 Å². The second-order valence-corrected chi connectivity index (χ2v) is 9.28. The highest BCUT2D eigenvalue weighted by Gasteiger charge is 2.31. The first-order valence-electron chi connectivity index (χ1n) is 10.9. The number of aliphatic hydroxyl groups is 1. The lowest BCUT2D eigenvalue weighted by Gasteiger charge is -2.37. The first-order chi connectivity index (χ1) is 14.5. The van der Waals surface area contributed by atoms with Crippen LogP contribution in [0.2, 0.25) is 0 Å². The molecule has 1 amide bonds. The number of nitrogens with zero attached hydrogens (tertiary/aromatic N) is 1. The van der Waals surface area contributed by atoms with E-state index in [0.29, 0.717) is 49.5 Å². The summed E-state index contributed by atoms with van der Waals surface area (Å²) in [5.41, 5.74) is 1.41. The summed E-state index contributed by atoms with van der Waals surface area (Å²) in [4.78, 5) is 15.2. The Morgan fingerprint density at radius 1 is 1.23 bits per heavy atom. The molecule has 3 atom stereocenters. The Morgan fingerprint density at radius 3 is 2.77 bits per heavy atom. The van der Waals surface area contributed by atoms with Crippen LogP contribution in [0.25, 0.3) is 0 Å². The predicted octanol–water partition coefficient (Wildman–Crippen LogP) is 2.51. The number of β-amino-alcohol motifs (C(OH)–C–C–N with tert-alkyl or cyclic N) is 1. The average Bonchev–Trinajstić information content (AvgIpc) is 3.11. The molecule has 3 aliphatic rings. The smallest absolute Gasteiger partial charge is 0.255 e. The van der Waals surface area contributed by atoms with E-state index < -0.39 is 6.10 Å². The van der Waals surface area contributed by atoms with Crippen molar-refractivity contribution < 1.29 is 24.1 Å². The number of benzene rings is 1. The number of aryl methyl sites for hydroxylation is 1. The fourth-order valence-electron chi connectivity index (χ4n) is 4.44. The molecule has 2 saturated heterocycles. The number of ether oxygens (including phenoxy) is 3. The van der Waals surface area contributed by atoms with Gasteiger partial charge in [0.1, 0.15) is 0 Å². The van der Waals surface area contributed by atoms with E-state index in [-0.39, 0.29) is 11.8 Å². The Morgan fingerprint density at radius 2 is 2.03 bits per heavy atom. The Kier molecular flexibility index (Phi) is 7.18. The van der Waals surface area contributed by atoms with Crippen LogP contribution in [-0.4, -0.2) is 74.1 Å². The Balaban J connectivity index is 1.35. The van der Waals surface area contributed by atoms with E-state index in [0.717, 1.165) is 55.4 Å². The molecule has 1 aromatic rings. The van der Waals surface area contributed by atoms with E-state index in [1.165, 1.54) is 0 Å². The van der Waals surface area contributed by atoms with Gasteiger partial charge in [0.05, 0.1) is 35.5 Å². The maximum absolute atomic E-state index is 13.0. The average molecular weight is 483 g/mol. The molecule has 3 aliphatic heterocycles. The molecule has 1 unspecified atom stereocenters. The molecular formula is C22H31BrN2O5. The molecular weight excluding hydrogens is 452 g/mol. The zero-order chi connectivity index (χ0) is 21.1. The Hall–Kier alpha value is -1.35. The summed E-state index contributed by atoms with van der Waals surface area (Å²) in [6.45, 7) is 6.74. The highest BCUT2D eigenvalue weighted by atomic mass is 79.9. The number of amides is 1. The molecule has 30 heavy (non-hydrogen) atoms. The zero-order valence-corrected chi connectivity index (χ0v) is 19.1. The van der Waals surface area contributed by atoms with E-state index in [2.05, 4.69) is 26.1 Å². The van der Waals surface area contributed by atoms with Crippen molar-refractivity contribution in [1.29, 1.82) is 0 Å². The number of hydrogen-bond donors (Lipinski definition) is 2. The van der Waals surface area contributed by atoms with E-state index >= 15 is 0 Å². The van der Waals surface area contributed by atoms with Gasteiger partial charge in [0.25, 0.3) is 5.91 Å². The van der Waals surface area contributed by atoms with E-state index in [1.54, 1.807) is 0 Å². The van der Waals surface area contributed by atoms with Gasteiger partial charge in [-0.05, 0) is 60.3 Å². The quantitative estimate of drug-likeness (QED) is 0.670. The van der Waals surface area contributed by atoms with E-state index in [1.807, 2.05) is 13.0 Å². The number of fused-ring (bicyclic) bond motifs is 1. The lowest BCUT2D eigenvalue weighted by molar-refractivity contribution is -0.00191. The largest absolute Gasteiger partial charge is 0.489 e. The SMILES string of the molecule is Cc1cc(C(=O)NC[C@@H]2CCN(CC3CCCO3)C[C@H]2O)c2c(c1Br)OCCCO2. The van der Waals surface area contributed by atoms with Crippen LogP contribution >= 0.6 is 15.9 Å². The molecule has 1 aromatic carbocycles. The summed E-state index contributed by atoms with van der Waals surface area (Å²) >= 11 is 3.55. The summed E-state index contributed by atoms with van der Waals surface area (Å²) < 4.78 is 18.2. The summed E-state index contributed by atoms with van der Waals surface area (Å²) in [5.74, 6) is 0.942. The highest BCUT2D eigenvalue weighted by molar-refractivity contribution is 9.10. The van der Waals surface area contributed by atoms with Gasteiger partial charge >= 0.3 is 0 Å². The van der Waals surface area contributed by atoms with E-state index in [4.69, 9.17) is 14.2 Å². The van der Waals surface area contributed by atoms with Crippen LogP contribution in [0.15, 0.2) is 10.5 Å². The standard InChI is InChI=1S/C22H31BrN2O5/c1-14-10-17(20-21(19(14)23)30-9-3-8-29-20)22(27)24-11-15-5-6-25(13-18(15)26)12-16-4-2-7-28-16/h10,15-16,18,26H,2-9,11-13H2,1H3,(H,24,27)/t15-,16?,18+/m0/s1. The summed E-state index contributed by atoms with van der Waals surface area (Å²) in [6, 6.07) is 1.83. The lowest BCUT2D eigenvalue weighted by atomic mass is 9.93. The topological polar surface area (TPSA) is 80.3 Å². The molecule has 4 rings (SSSR count). The van der Waals surface area contributed by atoms with Gasteiger partial charge in [-0.1, -0.05) is 0 Å². The van der Waals surface area contributed by atoms with Crippen molar-refractivity contribution in [2.75, 3.05) is 46.0 Å². The van der Waals surface area contributed by atoms with Gasteiger partial charge in [0, 0.05) is 38.6 Å². The Labute approximate surface area is 186 Å². The number of carbonyl (C=O) groups excluding carboxylic acids is 1. The van der Waals surface area contributed by atoms with Crippen LogP contribution < -0.4 is 14.8 Å². The number of aliphatic hydroxyl groups excluding tert-OH is 1. The fraction of sp³-hybridized carbons (Fsp3) is 0.682. The molecule has 3 heterocycles. The molecule has 0 aromatic heterocycles. The third-order valence-corrected chi connectivity index (χ3v) is 7.19. The highest BCUT2D eigenvalue weighted by Crippen LogP contribution is 2.42. The molecule has 7 nitrogen and oxygen atoms in total. The molecule has 2 fully saturated rings. The summed E-state index contributed by atoms with van der Waals surface area (Å²) in [7, 11) is 0. The maximum atomic E-state index is 13.0. The van der Waals surface area contributed by atoms with Crippen molar-refractivity contribution in [3.05, 3.63) is 21.7 Å². The van der Waals surface area contributed by atoms with Crippen molar-refractivity contribution in [1.82, 2.24) is 10.2 Å². The van der Waals surface area contributed by atoms with Gasteiger partial charge < -0.3 is 24.6 Å². The van der Waals surface area contributed by atoms with Crippen LogP contribution in [0.5, 0.6) is 11.5 Å². The number of nitrogens with one attached hydrogen (secondary N) is 1. The number of rotatable bonds is 5. The Bertz CT molecular complexity index is 768. The minimum Gasteiger partial charge on any atom is -0.489 e. The minimum absolute atomic E-state index is 0.0435. The van der Waals surface area contributed by atoms with Gasteiger partial charge in [-0.25, -0.2) is 0 Å². The van der Waals surface area contributed by atoms with Crippen LogP contribution in [-0.2, 0) is 4.74 Å². The molecule has 0 spiro atoms. The molecule has 0 saturated carbocycles. The third kappa shape index (κ3) is 4.93. The van der Waals surface area contributed by atoms with Crippen molar-refractivity contribution in [2.24, 2.45) is 5.92 Å². The second kappa shape index (κ2) is 9.85. The first kappa shape index (κ1) is 21.9. The fourth-order valence-corrected chi connectivity index (χ4v) is 4.85. The molecule has 0 aliphatic carbocycles. The number of carbonyl (C=O) groups is 1. The first-order valence-corrected chi connectivity index (χ1v) is 11.7. The molecule has 2 N–H and O–H groups in total. The second-order valence-electron chi connectivity index (χ2n) is 8.48. The van der Waals surface area contributed by atoms with Gasteiger partial charge in [-0.3, -0.25) is 9.69 Å².